The fourth-order valence-corrected chi connectivity index (χ4v) is 4.77. The number of amides is 1. The van der Waals surface area contributed by atoms with Crippen LogP contribution in [0.4, 0.5) is 26.3 Å². The summed E-state index contributed by atoms with van der Waals surface area (Å²) < 4.78 is 87.4. The Morgan fingerprint density at radius 1 is 0.628 bits per heavy atom. The number of benzene rings is 4. The zero-order valence-corrected chi connectivity index (χ0v) is 23.5. The van der Waals surface area contributed by atoms with E-state index in [-0.39, 0.29) is 28.5 Å². The smallest absolute Gasteiger partial charge is 0.406 e. The SMILES string of the molecule is CC(C)(C)c1ccc(C(=O)NC(Cc2ccccc2)(c2cccc(OC(F)(F)F)c2)c2cccc(OC(F)(F)F)c2)cc1. The van der Waals surface area contributed by atoms with Crippen LogP contribution < -0.4 is 14.8 Å². The summed E-state index contributed by atoms with van der Waals surface area (Å²) in [5.74, 6) is -1.72. The molecule has 0 aliphatic heterocycles. The summed E-state index contributed by atoms with van der Waals surface area (Å²) in [5, 5.41) is 2.95. The molecule has 1 amide bonds. The summed E-state index contributed by atoms with van der Waals surface area (Å²) in [4.78, 5) is 13.9. The van der Waals surface area contributed by atoms with E-state index in [9.17, 15) is 31.1 Å². The molecule has 0 aliphatic carbocycles. The molecule has 4 aromatic carbocycles. The lowest BCUT2D eigenvalue weighted by Crippen LogP contribution is -2.48. The first-order valence-corrected chi connectivity index (χ1v) is 13.2. The van der Waals surface area contributed by atoms with E-state index in [1.54, 1.807) is 54.6 Å². The van der Waals surface area contributed by atoms with Crippen LogP contribution in [0.15, 0.2) is 103 Å². The van der Waals surface area contributed by atoms with Crippen molar-refractivity contribution in [2.75, 3.05) is 0 Å². The van der Waals surface area contributed by atoms with Gasteiger partial charge in [-0.3, -0.25) is 4.79 Å². The molecule has 0 heterocycles. The maximum Gasteiger partial charge on any atom is 0.573 e. The minimum atomic E-state index is -5.00. The first-order chi connectivity index (χ1) is 20.0. The quantitative estimate of drug-likeness (QED) is 0.206. The highest BCUT2D eigenvalue weighted by molar-refractivity contribution is 5.95. The van der Waals surface area contributed by atoms with E-state index in [0.29, 0.717) is 5.56 Å². The largest absolute Gasteiger partial charge is 0.573 e. The van der Waals surface area contributed by atoms with Crippen LogP contribution in [0.1, 0.15) is 53.4 Å². The zero-order chi connectivity index (χ0) is 31.5. The highest BCUT2D eigenvalue weighted by Gasteiger charge is 2.39. The van der Waals surface area contributed by atoms with Gasteiger partial charge in [0, 0.05) is 12.0 Å². The number of rotatable bonds is 8. The molecule has 4 nitrogen and oxygen atoms in total. The molecule has 0 saturated carbocycles. The first-order valence-electron chi connectivity index (χ1n) is 13.2. The van der Waals surface area contributed by atoms with Crippen molar-refractivity contribution in [3.8, 4) is 11.5 Å². The molecule has 0 aliphatic rings. The average Bonchev–Trinajstić information content (AvgIpc) is 2.91. The summed E-state index contributed by atoms with van der Waals surface area (Å²) in [7, 11) is 0. The van der Waals surface area contributed by atoms with Gasteiger partial charge in [0.2, 0.25) is 0 Å². The van der Waals surface area contributed by atoms with Crippen molar-refractivity contribution in [1.29, 1.82) is 0 Å². The number of alkyl halides is 6. The van der Waals surface area contributed by atoms with Crippen LogP contribution in [0.5, 0.6) is 11.5 Å². The van der Waals surface area contributed by atoms with E-state index in [4.69, 9.17) is 0 Å². The predicted octanol–water partition coefficient (Wildman–Crippen LogP) is 8.70. The highest BCUT2D eigenvalue weighted by Crippen LogP contribution is 2.38. The Balaban J connectivity index is 1.92. The fourth-order valence-electron chi connectivity index (χ4n) is 4.77. The van der Waals surface area contributed by atoms with Crippen LogP contribution in [-0.2, 0) is 17.4 Å². The van der Waals surface area contributed by atoms with E-state index in [0.717, 1.165) is 29.8 Å². The average molecular weight is 602 g/mol. The van der Waals surface area contributed by atoms with Crippen LogP contribution in [0, 0.1) is 0 Å². The first kappa shape index (κ1) is 31.5. The predicted molar refractivity (Wildman–Crippen MR) is 150 cm³/mol. The summed E-state index contributed by atoms with van der Waals surface area (Å²) in [6, 6.07) is 25.5. The molecule has 0 aromatic heterocycles. The molecule has 4 aromatic rings. The third-order valence-corrected chi connectivity index (χ3v) is 6.77. The molecule has 10 heteroatoms. The van der Waals surface area contributed by atoms with Gasteiger partial charge in [-0.25, -0.2) is 0 Å². The maximum atomic E-state index is 13.9. The lowest BCUT2D eigenvalue weighted by Gasteiger charge is -2.37. The second-order valence-corrected chi connectivity index (χ2v) is 11.0. The molecule has 4 rings (SSSR count). The van der Waals surface area contributed by atoms with E-state index in [2.05, 4.69) is 14.8 Å². The van der Waals surface area contributed by atoms with Gasteiger partial charge in [0.1, 0.15) is 11.5 Å². The van der Waals surface area contributed by atoms with Crippen molar-refractivity contribution in [3.63, 3.8) is 0 Å². The Bertz CT molecular complexity index is 1480. The lowest BCUT2D eigenvalue weighted by atomic mass is 9.77. The minimum absolute atomic E-state index is 0.0371. The third-order valence-electron chi connectivity index (χ3n) is 6.77. The standard InChI is InChI=1S/C33H29F6NO3/c1-30(2,3)24-17-15-23(16-18-24)29(41)40-31(21-22-9-5-4-6-10-22,25-11-7-13-27(19-25)42-32(34,35)36)26-12-8-14-28(20-26)43-33(37,38)39/h4-20H,21H2,1-3H3,(H,40,41). The molecule has 1 N–H and O–H groups in total. The molecule has 0 unspecified atom stereocenters. The number of hydrogen-bond acceptors (Lipinski definition) is 3. The van der Waals surface area contributed by atoms with Crippen molar-refractivity contribution in [3.05, 3.63) is 131 Å². The van der Waals surface area contributed by atoms with E-state index < -0.39 is 35.7 Å². The molecular formula is C33H29F6NO3. The normalized spacial score (nSPS) is 12.5. The van der Waals surface area contributed by atoms with Crippen LogP contribution >= 0.6 is 0 Å². The molecule has 0 atom stereocenters. The molecule has 0 radical (unpaired) electrons. The number of carbonyl (C=O) groups is 1. The van der Waals surface area contributed by atoms with Gasteiger partial charge in [-0.1, -0.05) is 87.5 Å². The Morgan fingerprint density at radius 2 is 1.12 bits per heavy atom. The van der Waals surface area contributed by atoms with E-state index >= 15 is 0 Å². The monoisotopic (exact) mass is 601 g/mol. The van der Waals surface area contributed by atoms with Gasteiger partial charge in [0.25, 0.3) is 5.91 Å². The van der Waals surface area contributed by atoms with Gasteiger partial charge in [0.05, 0.1) is 5.54 Å². The second kappa shape index (κ2) is 12.0. The molecule has 0 fully saturated rings. The Morgan fingerprint density at radius 3 is 1.56 bits per heavy atom. The Kier molecular flexibility index (Phi) is 8.80. The molecule has 0 bridgehead atoms. The topological polar surface area (TPSA) is 47.6 Å². The van der Waals surface area contributed by atoms with Crippen molar-refractivity contribution < 1.29 is 40.6 Å². The van der Waals surface area contributed by atoms with Gasteiger partial charge in [-0.15, -0.1) is 26.3 Å². The maximum absolute atomic E-state index is 13.9. The van der Waals surface area contributed by atoms with Crippen molar-refractivity contribution in [2.24, 2.45) is 0 Å². The van der Waals surface area contributed by atoms with Crippen LogP contribution in [0.25, 0.3) is 0 Å². The molecule has 226 valence electrons. The minimum Gasteiger partial charge on any atom is -0.406 e. The van der Waals surface area contributed by atoms with Gasteiger partial charge in [0.15, 0.2) is 0 Å². The summed E-state index contributed by atoms with van der Waals surface area (Å²) in [6.45, 7) is 6.04. The van der Waals surface area contributed by atoms with Crippen LogP contribution in [0.3, 0.4) is 0 Å². The summed E-state index contributed by atoms with van der Waals surface area (Å²) in [5.41, 5.74) is 0.282. The summed E-state index contributed by atoms with van der Waals surface area (Å²) >= 11 is 0. The number of carbonyl (C=O) groups excluding carboxylic acids is 1. The fraction of sp³-hybridized carbons (Fsp3) is 0.242. The Hall–Kier alpha value is -4.47. The molecule has 0 spiro atoms. The number of halogens is 6. The lowest BCUT2D eigenvalue weighted by molar-refractivity contribution is -0.275. The zero-order valence-electron chi connectivity index (χ0n) is 23.5. The van der Waals surface area contributed by atoms with Gasteiger partial charge in [-0.2, -0.15) is 0 Å². The van der Waals surface area contributed by atoms with Crippen LogP contribution in [0.2, 0.25) is 0 Å². The molecule has 43 heavy (non-hydrogen) atoms. The highest BCUT2D eigenvalue weighted by atomic mass is 19.4. The number of ether oxygens (including phenoxy) is 2. The van der Waals surface area contributed by atoms with Crippen molar-refractivity contribution >= 4 is 5.91 Å². The third kappa shape index (κ3) is 8.30. The molecule has 0 saturated heterocycles. The van der Waals surface area contributed by atoms with Crippen molar-refractivity contribution in [2.45, 2.75) is 50.9 Å². The Labute approximate surface area is 245 Å². The van der Waals surface area contributed by atoms with Crippen LogP contribution in [-0.4, -0.2) is 18.6 Å². The second-order valence-electron chi connectivity index (χ2n) is 11.0. The number of nitrogens with one attached hydrogen (secondary N) is 1. The van der Waals surface area contributed by atoms with E-state index in [1.165, 1.54) is 24.3 Å². The van der Waals surface area contributed by atoms with Gasteiger partial charge < -0.3 is 14.8 Å². The summed E-state index contributed by atoms with van der Waals surface area (Å²) in [6.07, 6.45) is -10.0. The van der Waals surface area contributed by atoms with E-state index in [1.807, 2.05) is 20.8 Å². The van der Waals surface area contributed by atoms with Gasteiger partial charge in [-0.05, 0) is 64.1 Å². The van der Waals surface area contributed by atoms with Gasteiger partial charge >= 0.3 is 12.7 Å². The van der Waals surface area contributed by atoms with Crippen molar-refractivity contribution in [1.82, 2.24) is 5.32 Å². The molecular weight excluding hydrogens is 572 g/mol. The number of hydrogen-bond donors (Lipinski definition) is 1.